The number of hydrogen-bond donors (Lipinski definition) is 2. The second-order valence-electron chi connectivity index (χ2n) is 5.18. The fourth-order valence-corrected chi connectivity index (χ4v) is 3.39. The Kier molecular flexibility index (Phi) is 5.83. The first-order valence-corrected chi connectivity index (χ1v) is 8.92. The maximum Gasteiger partial charge on any atom is 0.268 e. The van der Waals surface area contributed by atoms with Crippen LogP contribution in [0.2, 0.25) is 0 Å². The van der Waals surface area contributed by atoms with E-state index in [9.17, 15) is 18.0 Å². The van der Waals surface area contributed by atoms with Gasteiger partial charge in [0.2, 0.25) is 5.91 Å². The monoisotopic (exact) mass is 378 g/mol. The molecule has 0 aliphatic rings. The van der Waals surface area contributed by atoms with E-state index in [1.54, 1.807) is 18.2 Å². The molecule has 2 rings (SSSR count). The van der Waals surface area contributed by atoms with Gasteiger partial charge in [0.25, 0.3) is 15.9 Å². The van der Waals surface area contributed by atoms with Crippen LogP contribution in [0.1, 0.15) is 17.3 Å². The van der Waals surface area contributed by atoms with Crippen LogP contribution in [0.3, 0.4) is 0 Å². The molecule has 2 N–H and O–H groups in total. The number of nitrogens with one attached hydrogen (secondary N) is 2. The number of amides is 2. The molecule has 0 spiro atoms. The van der Waals surface area contributed by atoms with Gasteiger partial charge in [0, 0.05) is 12.6 Å². The summed E-state index contributed by atoms with van der Waals surface area (Å²) in [6.45, 7) is 1.29. The van der Waals surface area contributed by atoms with Crippen molar-refractivity contribution < 1.29 is 27.5 Å². The maximum atomic E-state index is 12.7. The highest BCUT2D eigenvalue weighted by atomic mass is 32.2. The standard InChI is InChI=1S/C17H18N2O6S/c1-11(20)18-12-8-9-15(25-3)16(10-12)26(22,23)19-17(21)13-6-4-5-7-14(13)24-2/h4-10H,1-3H3,(H,18,20)(H,19,21). The Bertz CT molecular complexity index is 940. The fraction of sp³-hybridized carbons (Fsp3) is 0.176. The van der Waals surface area contributed by atoms with Crippen molar-refractivity contribution in [3.8, 4) is 11.5 Å². The van der Waals surface area contributed by atoms with Crippen LogP contribution in [-0.4, -0.2) is 34.5 Å². The van der Waals surface area contributed by atoms with Gasteiger partial charge in [-0.05, 0) is 30.3 Å². The second-order valence-corrected chi connectivity index (χ2v) is 6.83. The Morgan fingerprint density at radius 1 is 0.962 bits per heavy atom. The van der Waals surface area contributed by atoms with Crippen LogP contribution >= 0.6 is 0 Å². The lowest BCUT2D eigenvalue weighted by molar-refractivity contribution is -0.114. The highest BCUT2D eigenvalue weighted by Gasteiger charge is 2.25. The summed E-state index contributed by atoms with van der Waals surface area (Å²) in [4.78, 5) is 23.3. The Balaban J connectivity index is 2.40. The van der Waals surface area contributed by atoms with Gasteiger partial charge in [-0.25, -0.2) is 13.1 Å². The zero-order valence-corrected chi connectivity index (χ0v) is 15.2. The van der Waals surface area contributed by atoms with Crippen LogP contribution in [0.5, 0.6) is 11.5 Å². The molecular formula is C17H18N2O6S. The Hall–Kier alpha value is -3.07. The van der Waals surface area contributed by atoms with Gasteiger partial charge >= 0.3 is 0 Å². The predicted octanol–water partition coefficient (Wildman–Crippen LogP) is 1.78. The number of anilines is 1. The molecule has 0 aliphatic carbocycles. The van der Waals surface area contributed by atoms with E-state index >= 15 is 0 Å². The zero-order valence-electron chi connectivity index (χ0n) is 14.4. The number of sulfonamides is 1. The topological polar surface area (TPSA) is 111 Å². The molecule has 2 aromatic carbocycles. The van der Waals surface area contributed by atoms with E-state index in [1.165, 1.54) is 45.4 Å². The zero-order chi connectivity index (χ0) is 19.3. The number of carbonyl (C=O) groups is 2. The lowest BCUT2D eigenvalue weighted by Crippen LogP contribution is -2.31. The molecule has 0 bridgehead atoms. The van der Waals surface area contributed by atoms with E-state index in [1.807, 2.05) is 4.72 Å². The number of para-hydroxylation sites is 1. The molecule has 0 aliphatic heterocycles. The molecule has 0 heterocycles. The third-order valence-corrected chi connectivity index (χ3v) is 4.70. The van der Waals surface area contributed by atoms with Gasteiger partial charge in [-0.3, -0.25) is 9.59 Å². The molecule has 0 radical (unpaired) electrons. The molecule has 9 heteroatoms. The van der Waals surface area contributed by atoms with Crippen LogP contribution in [-0.2, 0) is 14.8 Å². The molecule has 0 fully saturated rings. The summed E-state index contributed by atoms with van der Waals surface area (Å²) < 4.78 is 37.4. The van der Waals surface area contributed by atoms with Crippen molar-refractivity contribution in [1.82, 2.24) is 4.72 Å². The summed E-state index contributed by atoms with van der Waals surface area (Å²) in [5, 5.41) is 2.48. The van der Waals surface area contributed by atoms with Gasteiger partial charge in [0.1, 0.15) is 16.4 Å². The normalized spacial score (nSPS) is 10.7. The molecule has 2 aromatic rings. The average molecular weight is 378 g/mol. The molecule has 8 nitrogen and oxygen atoms in total. The molecule has 2 amide bonds. The van der Waals surface area contributed by atoms with Gasteiger partial charge in [-0.1, -0.05) is 12.1 Å². The van der Waals surface area contributed by atoms with Gasteiger partial charge in [0.15, 0.2) is 0 Å². The molecular weight excluding hydrogens is 360 g/mol. The highest BCUT2D eigenvalue weighted by Crippen LogP contribution is 2.27. The predicted molar refractivity (Wildman–Crippen MR) is 94.9 cm³/mol. The molecule has 138 valence electrons. The van der Waals surface area contributed by atoms with Crippen molar-refractivity contribution in [3.05, 3.63) is 48.0 Å². The number of hydrogen-bond acceptors (Lipinski definition) is 6. The molecule has 26 heavy (non-hydrogen) atoms. The van der Waals surface area contributed by atoms with Crippen molar-refractivity contribution in [2.45, 2.75) is 11.8 Å². The van der Waals surface area contributed by atoms with Crippen LogP contribution < -0.4 is 19.5 Å². The van der Waals surface area contributed by atoms with E-state index in [0.717, 1.165) is 0 Å². The minimum absolute atomic E-state index is 0.0272. The largest absolute Gasteiger partial charge is 0.496 e. The molecule has 0 saturated heterocycles. The van der Waals surface area contributed by atoms with E-state index < -0.39 is 15.9 Å². The van der Waals surface area contributed by atoms with Crippen molar-refractivity contribution in [3.63, 3.8) is 0 Å². The van der Waals surface area contributed by atoms with Crippen LogP contribution in [0, 0.1) is 0 Å². The number of ether oxygens (including phenoxy) is 2. The average Bonchev–Trinajstić information content (AvgIpc) is 2.60. The van der Waals surface area contributed by atoms with Crippen LogP contribution in [0.15, 0.2) is 47.4 Å². The van der Waals surface area contributed by atoms with Crippen molar-refractivity contribution in [2.24, 2.45) is 0 Å². The van der Waals surface area contributed by atoms with Gasteiger partial charge < -0.3 is 14.8 Å². The second kappa shape index (κ2) is 7.87. The summed E-state index contributed by atoms with van der Waals surface area (Å²) >= 11 is 0. The minimum atomic E-state index is -4.27. The Morgan fingerprint density at radius 2 is 1.62 bits per heavy atom. The Morgan fingerprint density at radius 3 is 2.23 bits per heavy atom. The van der Waals surface area contributed by atoms with Crippen LogP contribution in [0.4, 0.5) is 5.69 Å². The first-order chi connectivity index (χ1) is 12.3. The smallest absolute Gasteiger partial charge is 0.268 e. The minimum Gasteiger partial charge on any atom is -0.496 e. The quantitative estimate of drug-likeness (QED) is 0.793. The van der Waals surface area contributed by atoms with E-state index in [4.69, 9.17) is 9.47 Å². The SMILES string of the molecule is COc1ccccc1C(=O)NS(=O)(=O)c1cc(NC(C)=O)ccc1OC. The summed E-state index contributed by atoms with van der Waals surface area (Å²) in [5.41, 5.74) is 0.318. The summed E-state index contributed by atoms with van der Waals surface area (Å²) in [6, 6.07) is 10.3. The van der Waals surface area contributed by atoms with E-state index in [-0.39, 0.29) is 33.6 Å². The first-order valence-electron chi connectivity index (χ1n) is 7.44. The summed E-state index contributed by atoms with van der Waals surface area (Å²) in [6.07, 6.45) is 0. The fourth-order valence-electron chi connectivity index (χ4n) is 2.23. The van der Waals surface area contributed by atoms with Crippen molar-refractivity contribution in [1.29, 1.82) is 0 Å². The molecule has 0 atom stereocenters. The lowest BCUT2D eigenvalue weighted by atomic mass is 10.2. The van der Waals surface area contributed by atoms with Gasteiger partial charge in [-0.15, -0.1) is 0 Å². The van der Waals surface area contributed by atoms with Crippen molar-refractivity contribution in [2.75, 3.05) is 19.5 Å². The van der Waals surface area contributed by atoms with Gasteiger partial charge in [0.05, 0.1) is 19.8 Å². The first kappa shape index (κ1) is 19.3. The summed E-state index contributed by atoms with van der Waals surface area (Å²) in [7, 11) is -1.59. The number of benzene rings is 2. The molecule has 0 unspecified atom stereocenters. The van der Waals surface area contributed by atoms with E-state index in [2.05, 4.69) is 5.32 Å². The third kappa shape index (κ3) is 4.31. The Labute approximate surface area is 151 Å². The molecule has 0 aromatic heterocycles. The van der Waals surface area contributed by atoms with E-state index in [0.29, 0.717) is 0 Å². The number of methoxy groups -OCH3 is 2. The van der Waals surface area contributed by atoms with Gasteiger partial charge in [-0.2, -0.15) is 0 Å². The summed E-state index contributed by atoms with van der Waals surface area (Å²) in [5.74, 6) is -0.954. The maximum absolute atomic E-state index is 12.7. The van der Waals surface area contributed by atoms with Crippen LogP contribution in [0.25, 0.3) is 0 Å². The third-order valence-electron chi connectivity index (χ3n) is 3.35. The molecule has 0 saturated carbocycles. The van der Waals surface area contributed by atoms with Crippen molar-refractivity contribution >= 4 is 27.5 Å². The lowest BCUT2D eigenvalue weighted by Gasteiger charge is -2.13. The number of carbonyl (C=O) groups excluding carboxylic acids is 2. The number of rotatable bonds is 6. The highest BCUT2D eigenvalue weighted by molar-refractivity contribution is 7.90.